The average molecular weight is 255 g/mol. The normalized spacial score (nSPS) is 23.8. The summed E-state index contributed by atoms with van der Waals surface area (Å²) in [6.45, 7) is 9.33. The van der Waals surface area contributed by atoms with E-state index in [1.165, 1.54) is 4.90 Å². The molecule has 2 atom stereocenters. The van der Waals surface area contributed by atoms with Crippen molar-refractivity contribution >= 4 is 12.1 Å². The summed E-state index contributed by atoms with van der Waals surface area (Å²) in [5.74, 6) is -1.06. The van der Waals surface area contributed by atoms with Gasteiger partial charge < -0.3 is 9.84 Å². The van der Waals surface area contributed by atoms with E-state index in [1.807, 2.05) is 0 Å². The quantitative estimate of drug-likeness (QED) is 0.786. The number of hydrogen-bond acceptors (Lipinski definition) is 3. The number of carboxylic acid groups (broad SMARTS) is 1. The van der Waals surface area contributed by atoms with Crippen molar-refractivity contribution in [3.8, 4) is 0 Å². The minimum atomic E-state index is -0.981. The summed E-state index contributed by atoms with van der Waals surface area (Å²) < 4.78 is 5.23. The van der Waals surface area contributed by atoms with Crippen LogP contribution in [-0.4, -0.2) is 40.3 Å². The maximum absolute atomic E-state index is 11.9. The van der Waals surface area contributed by atoms with Gasteiger partial charge in [-0.15, -0.1) is 6.58 Å². The standard InChI is InChI=1S/C13H21NO4/c1-5-6-9-7-8-14(10(9)11(15)16)12(17)18-13(2,3)4/h5,9-10H,1,6-8H2,2-4H3,(H,15,16). The maximum Gasteiger partial charge on any atom is 0.411 e. The lowest BCUT2D eigenvalue weighted by atomic mass is 9.97. The van der Waals surface area contributed by atoms with E-state index < -0.39 is 23.7 Å². The highest BCUT2D eigenvalue weighted by atomic mass is 16.6. The third kappa shape index (κ3) is 3.48. The number of carboxylic acids is 1. The molecule has 1 amide bonds. The number of aliphatic carboxylic acids is 1. The largest absolute Gasteiger partial charge is 0.480 e. The highest BCUT2D eigenvalue weighted by Crippen LogP contribution is 2.29. The van der Waals surface area contributed by atoms with Crippen molar-refractivity contribution in [2.45, 2.75) is 45.3 Å². The fourth-order valence-electron chi connectivity index (χ4n) is 2.18. The Morgan fingerprint density at radius 3 is 2.56 bits per heavy atom. The van der Waals surface area contributed by atoms with Crippen LogP contribution in [0.3, 0.4) is 0 Å². The second kappa shape index (κ2) is 5.42. The molecule has 0 saturated carbocycles. The van der Waals surface area contributed by atoms with Crippen molar-refractivity contribution in [1.29, 1.82) is 0 Å². The van der Waals surface area contributed by atoms with Crippen molar-refractivity contribution in [1.82, 2.24) is 4.90 Å². The average Bonchev–Trinajstić information content (AvgIpc) is 2.59. The first-order chi connectivity index (χ1) is 8.26. The maximum atomic E-state index is 11.9. The van der Waals surface area contributed by atoms with E-state index in [9.17, 15) is 14.7 Å². The lowest BCUT2D eigenvalue weighted by molar-refractivity contribution is -0.143. The summed E-state index contributed by atoms with van der Waals surface area (Å²) in [5, 5.41) is 9.24. The molecule has 1 aliphatic heterocycles. The Bertz CT molecular complexity index is 345. The molecular weight excluding hydrogens is 234 g/mol. The van der Waals surface area contributed by atoms with Gasteiger partial charge in [0, 0.05) is 6.54 Å². The minimum Gasteiger partial charge on any atom is -0.480 e. The van der Waals surface area contributed by atoms with Crippen molar-refractivity contribution in [3.05, 3.63) is 12.7 Å². The molecule has 0 radical (unpaired) electrons. The molecule has 0 spiro atoms. The molecule has 0 aromatic heterocycles. The van der Waals surface area contributed by atoms with E-state index in [-0.39, 0.29) is 5.92 Å². The number of carbonyl (C=O) groups is 2. The number of ether oxygens (including phenoxy) is 1. The molecule has 1 N–H and O–H groups in total. The van der Waals surface area contributed by atoms with Crippen LogP contribution in [0.1, 0.15) is 33.6 Å². The van der Waals surface area contributed by atoms with Crippen LogP contribution in [-0.2, 0) is 9.53 Å². The summed E-state index contributed by atoms with van der Waals surface area (Å²) in [6, 6.07) is -0.808. The third-order valence-corrected chi connectivity index (χ3v) is 2.87. The van der Waals surface area contributed by atoms with E-state index in [4.69, 9.17) is 4.74 Å². The fourth-order valence-corrected chi connectivity index (χ4v) is 2.18. The Labute approximate surface area is 107 Å². The summed E-state index contributed by atoms with van der Waals surface area (Å²) in [7, 11) is 0. The molecule has 1 fully saturated rings. The fraction of sp³-hybridized carbons (Fsp3) is 0.692. The van der Waals surface area contributed by atoms with Crippen LogP contribution in [0.5, 0.6) is 0 Å². The number of likely N-dealkylation sites (tertiary alicyclic amines) is 1. The van der Waals surface area contributed by atoms with E-state index in [0.29, 0.717) is 19.4 Å². The molecule has 0 aromatic carbocycles. The Morgan fingerprint density at radius 1 is 1.50 bits per heavy atom. The predicted molar refractivity (Wildman–Crippen MR) is 67.3 cm³/mol. The molecule has 1 heterocycles. The Kier molecular flexibility index (Phi) is 4.38. The van der Waals surface area contributed by atoms with Gasteiger partial charge in [-0.2, -0.15) is 0 Å². The lowest BCUT2D eigenvalue weighted by Gasteiger charge is -2.28. The van der Waals surface area contributed by atoms with E-state index >= 15 is 0 Å². The first-order valence-electron chi connectivity index (χ1n) is 6.09. The van der Waals surface area contributed by atoms with Gasteiger partial charge in [0.1, 0.15) is 11.6 Å². The molecule has 102 valence electrons. The summed E-state index contributed by atoms with van der Waals surface area (Å²) in [5.41, 5.74) is -0.614. The van der Waals surface area contributed by atoms with Crippen LogP contribution in [0.2, 0.25) is 0 Å². The van der Waals surface area contributed by atoms with Crippen LogP contribution in [0.25, 0.3) is 0 Å². The summed E-state index contributed by atoms with van der Waals surface area (Å²) in [4.78, 5) is 24.5. The Morgan fingerprint density at radius 2 is 2.11 bits per heavy atom. The van der Waals surface area contributed by atoms with Crippen molar-refractivity contribution < 1.29 is 19.4 Å². The van der Waals surface area contributed by atoms with E-state index in [2.05, 4.69) is 6.58 Å². The van der Waals surface area contributed by atoms with Crippen LogP contribution >= 0.6 is 0 Å². The van der Waals surface area contributed by atoms with Crippen LogP contribution in [0, 0.1) is 5.92 Å². The summed E-state index contributed by atoms with van der Waals surface area (Å²) >= 11 is 0. The Hall–Kier alpha value is -1.52. The van der Waals surface area contributed by atoms with Gasteiger partial charge in [0.2, 0.25) is 0 Å². The lowest BCUT2D eigenvalue weighted by Crippen LogP contribution is -2.45. The molecule has 0 aromatic rings. The summed E-state index contributed by atoms with van der Waals surface area (Å²) in [6.07, 6.45) is 2.40. The van der Waals surface area contributed by atoms with Crippen LogP contribution in [0.15, 0.2) is 12.7 Å². The zero-order valence-electron chi connectivity index (χ0n) is 11.2. The van der Waals surface area contributed by atoms with Gasteiger partial charge in [0.15, 0.2) is 0 Å². The predicted octanol–water partition coefficient (Wildman–Crippen LogP) is 2.27. The number of amides is 1. The van der Waals surface area contributed by atoms with Gasteiger partial charge in [0.25, 0.3) is 0 Å². The van der Waals surface area contributed by atoms with Crippen molar-refractivity contribution in [3.63, 3.8) is 0 Å². The van der Waals surface area contributed by atoms with Gasteiger partial charge in [-0.05, 0) is 39.5 Å². The first kappa shape index (κ1) is 14.5. The molecule has 0 bridgehead atoms. The minimum absolute atomic E-state index is 0.0764. The zero-order chi connectivity index (χ0) is 13.9. The smallest absolute Gasteiger partial charge is 0.411 e. The molecule has 5 heteroatoms. The van der Waals surface area contributed by atoms with Gasteiger partial charge >= 0.3 is 12.1 Å². The molecule has 18 heavy (non-hydrogen) atoms. The SMILES string of the molecule is C=CCC1CCN(C(=O)OC(C)(C)C)C1C(=O)O. The van der Waals surface area contributed by atoms with Gasteiger partial charge in [-0.25, -0.2) is 9.59 Å². The number of nitrogens with zero attached hydrogens (tertiary/aromatic N) is 1. The molecule has 5 nitrogen and oxygen atoms in total. The number of carbonyl (C=O) groups excluding carboxylic acids is 1. The van der Waals surface area contributed by atoms with Crippen molar-refractivity contribution in [2.24, 2.45) is 5.92 Å². The molecule has 1 aliphatic rings. The highest BCUT2D eigenvalue weighted by molar-refractivity contribution is 5.81. The Balaban J connectivity index is 2.79. The zero-order valence-corrected chi connectivity index (χ0v) is 11.2. The highest BCUT2D eigenvalue weighted by Gasteiger charge is 2.42. The molecule has 1 saturated heterocycles. The van der Waals surface area contributed by atoms with E-state index in [1.54, 1.807) is 26.8 Å². The second-order valence-electron chi connectivity index (χ2n) is 5.53. The van der Waals surface area contributed by atoms with Crippen molar-refractivity contribution in [2.75, 3.05) is 6.54 Å². The third-order valence-electron chi connectivity index (χ3n) is 2.87. The topological polar surface area (TPSA) is 66.8 Å². The monoisotopic (exact) mass is 255 g/mol. The van der Waals surface area contributed by atoms with E-state index in [0.717, 1.165) is 0 Å². The second-order valence-corrected chi connectivity index (χ2v) is 5.53. The van der Waals surface area contributed by atoms with Crippen LogP contribution < -0.4 is 0 Å². The first-order valence-corrected chi connectivity index (χ1v) is 6.09. The molecular formula is C13H21NO4. The van der Waals surface area contributed by atoms with Gasteiger partial charge in [-0.3, -0.25) is 4.90 Å². The molecule has 2 unspecified atom stereocenters. The number of rotatable bonds is 3. The van der Waals surface area contributed by atoms with Gasteiger partial charge in [0.05, 0.1) is 0 Å². The van der Waals surface area contributed by atoms with Crippen LogP contribution in [0.4, 0.5) is 4.79 Å². The molecule has 1 rings (SSSR count). The van der Waals surface area contributed by atoms with Gasteiger partial charge in [-0.1, -0.05) is 6.08 Å². The molecule has 0 aliphatic carbocycles. The number of allylic oxidation sites excluding steroid dienone is 1. The number of hydrogen-bond donors (Lipinski definition) is 1.